The van der Waals surface area contributed by atoms with Gasteiger partial charge in [0.15, 0.2) is 5.76 Å². The molecule has 0 aliphatic carbocycles. The predicted molar refractivity (Wildman–Crippen MR) is 138 cm³/mol. The van der Waals surface area contributed by atoms with Gasteiger partial charge in [-0.25, -0.2) is 4.98 Å². The lowest BCUT2D eigenvalue weighted by atomic mass is 9.92. The largest absolute Gasteiger partial charge is 0.452 e. The van der Waals surface area contributed by atoms with Crippen molar-refractivity contribution in [3.05, 3.63) is 64.9 Å². The summed E-state index contributed by atoms with van der Waals surface area (Å²) in [6.45, 7) is 19.0. The van der Waals surface area contributed by atoms with Crippen LogP contribution in [0.3, 0.4) is 0 Å². The van der Waals surface area contributed by atoms with Gasteiger partial charge in [0.05, 0.1) is 6.20 Å². The maximum absolute atomic E-state index is 5.36. The van der Waals surface area contributed by atoms with E-state index in [1.54, 1.807) is 6.20 Å². The Balaban J connectivity index is 0.000000247. The van der Waals surface area contributed by atoms with Crippen LogP contribution in [0.2, 0.25) is 0 Å². The molecular formula is C29H37N3O. The zero-order valence-corrected chi connectivity index (χ0v) is 21.5. The fourth-order valence-electron chi connectivity index (χ4n) is 2.50. The minimum atomic E-state index is 0.0507. The molecule has 0 saturated heterocycles. The van der Waals surface area contributed by atoms with Crippen molar-refractivity contribution in [2.75, 3.05) is 0 Å². The molecule has 0 radical (unpaired) electrons. The third kappa shape index (κ3) is 8.84. The van der Waals surface area contributed by atoms with Crippen LogP contribution in [0.1, 0.15) is 96.6 Å². The number of terminal acetylenes is 3. The number of imidazole rings is 1. The van der Waals surface area contributed by atoms with Gasteiger partial charge in [0.1, 0.15) is 17.3 Å². The number of nitrogens with one attached hydrogen (secondary N) is 2. The van der Waals surface area contributed by atoms with Crippen LogP contribution in [0.5, 0.6) is 0 Å². The van der Waals surface area contributed by atoms with Crippen LogP contribution in [0.25, 0.3) is 0 Å². The summed E-state index contributed by atoms with van der Waals surface area (Å²) in [5, 5.41) is 0. The molecule has 0 aromatic carbocycles. The number of aromatic nitrogens is 3. The highest BCUT2D eigenvalue weighted by atomic mass is 16.3. The van der Waals surface area contributed by atoms with Gasteiger partial charge < -0.3 is 14.4 Å². The summed E-state index contributed by atoms with van der Waals surface area (Å²) in [5.41, 5.74) is 3.12. The molecule has 0 aliphatic heterocycles. The first-order valence-corrected chi connectivity index (χ1v) is 10.9. The molecule has 2 N–H and O–H groups in total. The molecule has 3 rings (SSSR count). The Bertz CT molecular complexity index is 996. The summed E-state index contributed by atoms with van der Waals surface area (Å²) in [6, 6.07) is 5.76. The summed E-state index contributed by atoms with van der Waals surface area (Å²) in [7, 11) is 0. The highest BCUT2D eigenvalue weighted by Gasteiger charge is 2.18. The second-order valence-electron chi connectivity index (χ2n) is 10.8. The fourth-order valence-corrected chi connectivity index (χ4v) is 2.50. The molecule has 174 valence electrons. The van der Waals surface area contributed by atoms with E-state index in [-0.39, 0.29) is 16.2 Å². The van der Waals surface area contributed by atoms with E-state index < -0.39 is 0 Å². The molecule has 0 unspecified atom stereocenters. The molecule has 0 spiro atoms. The Hall–Kier alpha value is -3.55. The van der Waals surface area contributed by atoms with Gasteiger partial charge in [0.25, 0.3) is 0 Å². The Kier molecular flexibility index (Phi) is 9.04. The van der Waals surface area contributed by atoms with E-state index in [4.69, 9.17) is 23.7 Å². The predicted octanol–water partition coefficient (Wildman–Crippen LogP) is 6.54. The SMILES string of the molecule is C#Cc1c[nH]c(C(C)(C)C)c1.C#Cc1ccc(C(C)(C)C)o1.C#Cc1cnc(C(C)(C)C)[nH]1. The van der Waals surface area contributed by atoms with E-state index >= 15 is 0 Å². The second-order valence-corrected chi connectivity index (χ2v) is 10.8. The number of furan rings is 1. The van der Waals surface area contributed by atoms with Gasteiger partial charge in [0, 0.05) is 33.7 Å². The minimum absolute atomic E-state index is 0.0507. The van der Waals surface area contributed by atoms with Crippen molar-refractivity contribution < 1.29 is 4.42 Å². The molecular weight excluding hydrogens is 406 g/mol. The molecule has 3 aromatic heterocycles. The molecule has 0 aliphatic rings. The second kappa shape index (κ2) is 10.8. The van der Waals surface area contributed by atoms with Gasteiger partial charge in [-0.05, 0) is 24.1 Å². The average molecular weight is 444 g/mol. The van der Waals surface area contributed by atoms with Crippen molar-refractivity contribution in [1.29, 1.82) is 0 Å². The van der Waals surface area contributed by atoms with Gasteiger partial charge in [-0.1, -0.05) is 74.2 Å². The summed E-state index contributed by atoms with van der Waals surface area (Å²) < 4.78 is 5.36. The molecule has 4 nitrogen and oxygen atoms in total. The molecule has 4 heteroatoms. The topological polar surface area (TPSA) is 57.6 Å². The third-order valence-corrected chi connectivity index (χ3v) is 4.59. The molecule has 3 heterocycles. The van der Waals surface area contributed by atoms with Crippen LogP contribution >= 0.6 is 0 Å². The number of H-pyrrole nitrogens is 2. The molecule has 0 fully saturated rings. The summed E-state index contributed by atoms with van der Waals surface area (Å²) in [4.78, 5) is 10.4. The number of hydrogen-bond donors (Lipinski definition) is 2. The number of rotatable bonds is 0. The van der Waals surface area contributed by atoms with Gasteiger partial charge in [-0.3, -0.25) is 0 Å². The van der Waals surface area contributed by atoms with Gasteiger partial charge in [-0.2, -0.15) is 0 Å². The van der Waals surface area contributed by atoms with Crippen LogP contribution in [-0.2, 0) is 16.2 Å². The minimum Gasteiger partial charge on any atom is -0.452 e. The molecule has 0 atom stereocenters. The van der Waals surface area contributed by atoms with Crippen molar-refractivity contribution in [1.82, 2.24) is 15.0 Å². The Morgan fingerprint density at radius 1 is 0.818 bits per heavy atom. The van der Waals surface area contributed by atoms with Crippen molar-refractivity contribution in [2.45, 2.75) is 78.6 Å². The first kappa shape index (κ1) is 27.5. The zero-order chi connectivity index (χ0) is 25.4. The lowest BCUT2D eigenvalue weighted by Crippen LogP contribution is -2.13. The third-order valence-electron chi connectivity index (χ3n) is 4.59. The monoisotopic (exact) mass is 443 g/mol. The van der Waals surface area contributed by atoms with Crippen LogP contribution in [0.15, 0.2) is 35.0 Å². The molecule has 0 amide bonds. The smallest absolute Gasteiger partial charge is 0.176 e. The number of hydrogen-bond acceptors (Lipinski definition) is 2. The van der Waals surface area contributed by atoms with Crippen molar-refractivity contribution in [2.24, 2.45) is 0 Å². The van der Waals surface area contributed by atoms with E-state index in [2.05, 4.69) is 95.0 Å². The summed E-state index contributed by atoms with van der Waals surface area (Å²) in [6.07, 6.45) is 19.1. The van der Waals surface area contributed by atoms with Crippen molar-refractivity contribution >= 4 is 0 Å². The standard InChI is InChI=1S/C10H13N.C10H12O.C9H12N2/c1-5-8-6-9(11-7-8)10(2,3)4;1-5-8-6-7-9(11-8)10(2,3)4;1-5-7-6-10-8(11-7)9(2,3)4/h1,6-7,11H,2-4H3;1,6-7H,2-4H3;1,6H,2-4H3,(H,10,11). The molecule has 33 heavy (non-hydrogen) atoms. The van der Waals surface area contributed by atoms with Crippen molar-refractivity contribution in [3.63, 3.8) is 0 Å². The highest BCUT2D eigenvalue weighted by Crippen LogP contribution is 2.23. The van der Waals surface area contributed by atoms with E-state index in [9.17, 15) is 0 Å². The van der Waals surface area contributed by atoms with E-state index in [0.29, 0.717) is 5.76 Å². The fraction of sp³-hybridized carbons (Fsp3) is 0.414. The number of nitrogens with zero attached hydrogens (tertiary/aromatic N) is 1. The van der Waals surface area contributed by atoms with Gasteiger partial charge >= 0.3 is 0 Å². The van der Waals surface area contributed by atoms with E-state index in [0.717, 1.165) is 22.8 Å². The van der Waals surface area contributed by atoms with E-state index in [1.165, 1.54) is 5.69 Å². The van der Waals surface area contributed by atoms with E-state index in [1.807, 2.05) is 24.4 Å². The Morgan fingerprint density at radius 3 is 1.73 bits per heavy atom. The van der Waals surface area contributed by atoms with Crippen LogP contribution in [-0.4, -0.2) is 15.0 Å². The highest BCUT2D eigenvalue weighted by molar-refractivity contribution is 5.34. The lowest BCUT2D eigenvalue weighted by Gasteiger charge is -2.15. The summed E-state index contributed by atoms with van der Waals surface area (Å²) >= 11 is 0. The van der Waals surface area contributed by atoms with Gasteiger partial charge in [-0.15, -0.1) is 19.3 Å². The zero-order valence-electron chi connectivity index (χ0n) is 21.5. The van der Waals surface area contributed by atoms with Crippen LogP contribution < -0.4 is 0 Å². The summed E-state index contributed by atoms with van der Waals surface area (Å²) in [5.74, 6) is 10.0. The van der Waals surface area contributed by atoms with Crippen LogP contribution in [0, 0.1) is 37.0 Å². The van der Waals surface area contributed by atoms with Gasteiger partial charge in [0.2, 0.25) is 0 Å². The van der Waals surface area contributed by atoms with Crippen LogP contribution in [0.4, 0.5) is 0 Å². The molecule has 3 aromatic rings. The first-order valence-electron chi connectivity index (χ1n) is 10.9. The quantitative estimate of drug-likeness (QED) is 0.388. The average Bonchev–Trinajstić information content (AvgIpc) is 3.47. The maximum Gasteiger partial charge on any atom is 0.176 e. The molecule has 0 saturated carbocycles. The normalized spacial score (nSPS) is 11.1. The maximum atomic E-state index is 5.36. The molecule has 0 bridgehead atoms. The van der Waals surface area contributed by atoms with Crippen molar-refractivity contribution in [3.8, 4) is 37.0 Å². The Morgan fingerprint density at radius 2 is 1.45 bits per heavy atom. The number of aromatic amines is 2. The Labute approximate surface area is 200 Å². The lowest BCUT2D eigenvalue weighted by molar-refractivity contribution is 0.404. The first-order chi connectivity index (χ1) is 15.1.